The number of fused-ring (bicyclic) bond motifs is 1. The number of rotatable bonds is 6. The van der Waals surface area contributed by atoms with Gasteiger partial charge in [0.1, 0.15) is 17.2 Å². The van der Waals surface area contributed by atoms with Crippen LogP contribution >= 0.6 is 0 Å². The topological polar surface area (TPSA) is 53.7 Å². The van der Waals surface area contributed by atoms with E-state index < -0.39 is 5.97 Å². The summed E-state index contributed by atoms with van der Waals surface area (Å²) in [6.07, 6.45) is 0.715. The van der Waals surface area contributed by atoms with E-state index in [1.807, 2.05) is 53.4 Å². The Hall–Kier alpha value is -3.44. The summed E-state index contributed by atoms with van der Waals surface area (Å²) in [6, 6.07) is 23.1. The van der Waals surface area contributed by atoms with E-state index in [0.717, 1.165) is 27.9 Å². The maximum absolute atomic E-state index is 14.9. The molecule has 1 aliphatic rings. The Morgan fingerprint density at radius 3 is 2.55 bits per heavy atom. The molecule has 1 saturated heterocycles. The normalized spacial score (nSPS) is 14.6. The minimum Gasteiger partial charge on any atom is -0.481 e. The number of aliphatic carboxylic acids is 1. The van der Waals surface area contributed by atoms with Crippen LogP contribution in [0.3, 0.4) is 0 Å². The number of hydrogen-bond acceptors (Lipinski definition) is 3. The molecule has 0 aliphatic carbocycles. The van der Waals surface area contributed by atoms with Gasteiger partial charge >= 0.3 is 5.97 Å². The fourth-order valence-electron chi connectivity index (χ4n) is 4.15. The van der Waals surface area contributed by atoms with E-state index in [0.29, 0.717) is 31.6 Å². The summed E-state index contributed by atoms with van der Waals surface area (Å²) in [7, 11) is 0. The van der Waals surface area contributed by atoms with E-state index in [-0.39, 0.29) is 11.7 Å². The van der Waals surface area contributed by atoms with Gasteiger partial charge in [0.2, 0.25) is 0 Å². The molecular formula is C26H22FNO3. The van der Waals surface area contributed by atoms with Crippen molar-refractivity contribution in [1.82, 2.24) is 4.90 Å². The lowest BCUT2D eigenvalue weighted by Crippen LogP contribution is -2.49. The van der Waals surface area contributed by atoms with Crippen molar-refractivity contribution < 1.29 is 18.7 Å². The first-order valence-electron chi connectivity index (χ1n) is 10.4. The van der Waals surface area contributed by atoms with Crippen molar-refractivity contribution in [2.45, 2.75) is 13.0 Å². The van der Waals surface area contributed by atoms with Gasteiger partial charge in [0.25, 0.3) is 0 Å². The molecule has 4 aromatic rings. The number of hydrogen-bond donors (Lipinski definition) is 1. The zero-order valence-corrected chi connectivity index (χ0v) is 16.9. The average molecular weight is 415 g/mol. The number of nitrogens with zero attached hydrogens (tertiary/aromatic N) is 1. The molecule has 1 fully saturated rings. The highest BCUT2D eigenvalue weighted by Gasteiger charge is 2.32. The van der Waals surface area contributed by atoms with Crippen molar-refractivity contribution in [1.29, 1.82) is 0 Å². The first kappa shape index (κ1) is 19.5. The Labute approximate surface area is 179 Å². The smallest absolute Gasteiger partial charge is 0.309 e. The fraction of sp³-hybridized carbons (Fsp3) is 0.192. The van der Waals surface area contributed by atoms with Gasteiger partial charge in [-0.3, -0.25) is 9.69 Å². The summed E-state index contributed by atoms with van der Waals surface area (Å²) in [5.74, 6) is -0.472. The Kier molecular flexibility index (Phi) is 5.04. The SMILES string of the molecule is O=C(O)C1CN(Cc2ccc(-c3ccc4oc(Cc5ccccc5)cc4c3)c(F)c2)C1. The van der Waals surface area contributed by atoms with Gasteiger partial charge in [-0.15, -0.1) is 0 Å². The Morgan fingerprint density at radius 2 is 1.81 bits per heavy atom. The lowest BCUT2D eigenvalue weighted by atomic mass is 9.98. The largest absolute Gasteiger partial charge is 0.481 e. The number of carboxylic acid groups (broad SMARTS) is 1. The average Bonchev–Trinajstić information content (AvgIpc) is 3.12. The van der Waals surface area contributed by atoms with Gasteiger partial charge < -0.3 is 9.52 Å². The zero-order valence-electron chi connectivity index (χ0n) is 16.9. The molecule has 0 atom stereocenters. The van der Waals surface area contributed by atoms with Crippen LogP contribution in [0, 0.1) is 11.7 Å². The first-order chi connectivity index (χ1) is 15.0. The third-order valence-corrected chi connectivity index (χ3v) is 5.85. The number of carbonyl (C=O) groups is 1. The van der Waals surface area contributed by atoms with Crippen LogP contribution in [0.15, 0.2) is 77.2 Å². The maximum Gasteiger partial charge on any atom is 0.309 e. The van der Waals surface area contributed by atoms with Gasteiger partial charge in [-0.25, -0.2) is 4.39 Å². The van der Waals surface area contributed by atoms with Crippen molar-refractivity contribution in [3.8, 4) is 11.1 Å². The molecule has 156 valence electrons. The molecule has 0 bridgehead atoms. The van der Waals surface area contributed by atoms with E-state index in [1.54, 1.807) is 12.1 Å². The molecule has 5 heteroatoms. The third kappa shape index (κ3) is 4.09. The highest BCUT2D eigenvalue weighted by molar-refractivity contribution is 5.84. The van der Waals surface area contributed by atoms with E-state index in [1.165, 1.54) is 5.56 Å². The minimum absolute atomic E-state index is 0.278. The van der Waals surface area contributed by atoms with Crippen molar-refractivity contribution in [2.75, 3.05) is 13.1 Å². The van der Waals surface area contributed by atoms with Gasteiger partial charge in [0.15, 0.2) is 0 Å². The monoisotopic (exact) mass is 415 g/mol. The Balaban J connectivity index is 1.33. The second-order valence-electron chi connectivity index (χ2n) is 8.17. The van der Waals surface area contributed by atoms with Gasteiger partial charge in [0, 0.05) is 37.0 Å². The molecule has 31 heavy (non-hydrogen) atoms. The van der Waals surface area contributed by atoms with Crippen molar-refractivity contribution in [3.05, 3.63) is 95.5 Å². The molecule has 3 aromatic carbocycles. The second-order valence-corrected chi connectivity index (χ2v) is 8.17. The Bertz CT molecular complexity index is 1240. The molecule has 1 aliphatic heterocycles. The summed E-state index contributed by atoms with van der Waals surface area (Å²) in [6.45, 7) is 1.59. The standard InChI is InChI=1S/C26H22FNO3/c27-24-11-18(14-28-15-21(16-28)26(29)30)6-8-23(24)19-7-9-25-20(12-19)13-22(31-25)10-17-4-2-1-3-5-17/h1-9,11-13,21H,10,14-16H2,(H,29,30). The molecule has 0 spiro atoms. The van der Waals surface area contributed by atoms with Gasteiger partial charge in [0.05, 0.1) is 5.92 Å². The number of halogens is 1. The highest BCUT2D eigenvalue weighted by atomic mass is 19.1. The molecule has 5 rings (SSSR count). The molecular weight excluding hydrogens is 393 g/mol. The molecule has 4 nitrogen and oxygen atoms in total. The molecule has 0 unspecified atom stereocenters. The zero-order chi connectivity index (χ0) is 21.4. The number of likely N-dealkylation sites (tertiary alicyclic amines) is 1. The van der Waals surface area contributed by atoms with Gasteiger partial charge in [-0.1, -0.05) is 48.5 Å². The van der Waals surface area contributed by atoms with Crippen molar-refractivity contribution >= 4 is 16.9 Å². The Morgan fingerprint density at radius 1 is 1.00 bits per heavy atom. The van der Waals surface area contributed by atoms with Crippen LogP contribution in [0.1, 0.15) is 16.9 Å². The highest BCUT2D eigenvalue weighted by Crippen LogP contribution is 2.30. The minimum atomic E-state index is -0.764. The molecule has 2 heterocycles. The summed E-state index contributed by atoms with van der Waals surface area (Å²) >= 11 is 0. The van der Waals surface area contributed by atoms with Crippen LogP contribution < -0.4 is 0 Å². The summed E-state index contributed by atoms with van der Waals surface area (Å²) in [4.78, 5) is 12.9. The molecule has 1 aromatic heterocycles. The van der Waals surface area contributed by atoms with Crippen LogP contribution in [0.4, 0.5) is 4.39 Å². The van der Waals surface area contributed by atoms with Crippen LogP contribution in [0.25, 0.3) is 22.1 Å². The molecule has 0 saturated carbocycles. The quantitative estimate of drug-likeness (QED) is 0.461. The lowest BCUT2D eigenvalue weighted by molar-refractivity contribution is -0.147. The van der Waals surface area contributed by atoms with Gasteiger partial charge in [-0.2, -0.15) is 0 Å². The van der Waals surface area contributed by atoms with Crippen LogP contribution in [0.2, 0.25) is 0 Å². The first-order valence-corrected chi connectivity index (χ1v) is 10.4. The predicted octanol–water partition coefficient (Wildman–Crippen LogP) is 5.35. The van der Waals surface area contributed by atoms with Crippen LogP contribution in [-0.2, 0) is 17.8 Å². The van der Waals surface area contributed by atoms with E-state index in [2.05, 4.69) is 12.1 Å². The number of benzene rings is 3. The fourth-order valence-corrected chi connectivity index (χ4v) is 4.15. The van der Waals surface area contributed by atoms with Crippen molar-refractivity contribution in [2.24, 2.45) is 5.92 Å². The number of carboxylic acids is 1. The molecule has 0 radical (unpaired) electrons. The van der Waals surface area contributed by atoms with E-state index in [4.69, 9.17) is 9.52 Å². The summed E-state index contributed by atoms with van der Waals surface area (Å²) in [5, 5.41) is 9.93. The second kappa shape index (κ2) is 8.00. The summed E-state index contributed by atoms with van der Waals surface area (Å²) < 4.78 is 20.8. The van der Waals surface area contributed by atoms with Crippen molar-refractivity contribution in [3.63, 3.8) is 0 Å². The van der Waals surface area contributed by atoms with E-state index >= 15 is 0 Å². The van der Waals surface area contributed by atoms with E-state index in [9.17, 15) is 9.18 Å². The predicted molar refractivity (Wildman–Crippen MR) is 117 cm³/mol. The lowest BCUT2D eigenvalue weighted by Gasteiger charge is -2.36. The van der Waals surface area contributed by atoms with Crippen LogP contribution in [-0.4, -0.2) is 29.1 Å². The summed E-state index contributed by atoms with van der Waals surface area (Å²) in [5.41, 5.74) is 4.17. The van der Waals surface area contributed by atoms with Crippen LogP contribution in [0.5, 0.6) is 0 Å². The third-order valence-electron chi connectivity index (χ3n) is 5.85. The molecule has 0 amide bonds. The number of furan rings is 1. The molecule has 1 N–H and O–H groups in total. The maximum atomic E-state index is 14.9. The van der Waals surface area contributed by atoms with Gasteiger partial charge in [-0.05, 0) is 41.0 Å².